The van der Waals surface area contributed by atoms with Crippen molar-refractivity contribution < 1.29 is 4.74 Å². The molecule has 0 aliphatic carbocycles. The zero-order valence-corrected chi connectivity index (χ0v) is 13.7. The van der Waals surface area contributed by atoms with Crippen molar-refractivity contribution in [3.63, 3.8) is 0 Å². The van der Waals surface area contributed by atoms with Crippen molar-refractivity contribution in [2.75, 3.05) is 32.8 Å². The molecule has 102 valence electrons. The molecule has 4 nitrogen and oxygen atoms in total. The van der Waals surface area contributed by atoms with Gasteiger partial charge in [-0.2, -0.15) is 11.3 Å². The van der Waals surface area contributed by atoms with Crippen molar-refractivity contribution in [3.8, 4) is 0 Å². The molecule has 1 aromatic rings. The van der Waals surface area contributed by atoms with Gasteiger partial charge in [0.25, 0.3) is 0 Å². The second-order valence-electron chi connectivity index (χ2n) is 4.26. The van der Waals surface area contributed by atoms with Crippen LogP contribution in [-0.2, 0) is 4.74 Å². The number of hydrogen-bond acceptors (Lipinski definition) is 3. The molecule has 6 heteroatoms. The summed E-state index contributed by atoms with van der Waals surface area (Å²) >= 11 is 1.72. The smallest absolute Gasteiger partial charge is 0.191 e. The molecule has 1 fully saturated rings. The van der Waals surface area contributed by atoms with E-state index in [-0.39, 0.29) is 24.0 Å². The Bertz CT molecular complexity index is 363. The standard InChI is InChI=1S/C12H19N3OS.HI/c1-10(11-2-7-17-9-11)8-14-12(13)15-3-5-16-6-4-15;/h2,7,9-10H,3-6,8H2,1H3,(H2,13,14);1H. The van der Waals surface area contributed by atoms with Gasteiger partial charge in [0, 0.05) is 25.6 Å². The minimum absolute atomic E-state index is 0. The molecule has 0 bridgehead atoms. The molecular weight excluding hydrogens is 361 g/mol. The number of nitrogens with two attached hydrogens (primary N) is 1. The van der Waals surface area contributed by atoms with Gasteiger partial charge in [-0.3, -0.25) is 4.99 Å². The Morgan fingerprint density at radius 3 is 2.89 bits per heavy atom. The predicted octanol–water partition coefficient (Wildman–Crippen LogP) is 2.12. The first-order valence-corrected chi connectivity index (χ1v) is 6.86. The second-order valence-corrected chi connectivity index (χ2v) is 5.04. The molecule has 1 aliphatic rings. The summed E-state index contributed by atoms with van der Waals surface area (Å²) < 4.78 is 5.28. The number of thiophene rings is 1. The van der Waals surface area contributed by atoms with Crippen LogP contribution < -0.4 is 5.73 Å². The van der Waals surface area contributed by atoms with Gasteiger partial charge in [0.1, 0.15) is 0 Å². The maximum Gasteiger partial charge on any atom is 0.191 e. The van der Waals surface area contributed by atoms with Crippen LogP contribution in [-0.4, -0.2) is 43.7 Å². The van der Waals surface area contributed by atoms with Gasteiger partial charge in [0.2, 0.25) is 0 Å². The van der Waals surface area contributed by atoms with Crippen LogP contribution in [0.3, 0.4) is 0 Å². The molecule has 0 saturated carbocycles. The number of hydrogen-bond donors (Lipinski definition) is 1. The highest BCUT2D eigenvalue weighted by Crippen LogP contribution is 2.18. The minimum atomic E-state index is 0. The molecule has 2 N–H and O–H groups in total. The van der Waals surface area contributed by atoms with Gasteiger partial charge < -0.3 is 15.4 Å². The van der Waals surface area contributed by atoms with Crippen LogP contribution in [0.4, 0.5) is 0 Å². The minimum Gasteiger partial charge on any atom is -0.378 e. The summed E-state index contributed by atoms with van der Waals surface area (Å²) in [4.78, 5) is 6.56. The van der Waals surface area contributed by atoms with Crippen LogP contribution >= 0.6 is 35.3 Å². The van der Waals surface area contributed by atoms with Gasteiger partial charge in [-0.1, -0.05) is 6.92 Å². The third-order valence-electron chi connectivity index (χ3n) is 2.97. The van der Waals surface area contributed by atoms with Crippen molar-refractivity contribution in [2.45, 2.75) is 12.8 Å². The summed E-state index contributed by atoms with van der Waals surface area (Å²) in [6, 6.07) is 2.15. The monoisotopic (exact) mass is 381 g/mol. The Hall–Kier alpha value is -0.340. The van der Waals surface area contributed by atoms with Gasteiger partial charge in [-0.05, 0) is 22.4 Å². The number of rotatable bonds is 3. The van der Waals surface area contributed by atoms with Crippen molar-refractivity contribution in [3.05, 3.63) is 22.4 Å². The molecule has 0 spiro atoms. The highest BCUT2D eigenvalue weighted by Gasteiger charge is 2.12. The lowest BCUT2D eigenvalue weighted by Crippen LogP contribution is -2.44. The van der Waals surface area contributed by atoms with Crippen LogP contribution in [0.1, 0.15) is 18.4 Å². The summed E-state index contributed by atoms with van der Waals surface area (Å²) in [5.74, 6) is 1.08. The SMILES string of the molecule is CC(CN=C(N)N1CCOCC1)c1ccsc1.I. The first-order chi connectivity index (χ1) is 8.27. The van der Waals surface area contributed by atoms with E-state index >= 15 is 0 Å². The normalized spacial score (nSPS) is 18.3. The van der Waals surface area contributed by atoms with Crippen molar-refractivity contribution in [2.24, 2.45) is 10.7 Å². The first kappa shape index (κ1) is 15.7. The average molecular weight is 381 g/mol. The molecule has 2 heterocycles. The Labute approximate surface area is 129 Å². The van der Waals surface area contributed by atoms with E-state index < -0.39 is 0 Å². The Balaban J connectivity index is 0.00000162. The fourth-order valence-corrected chi connectivity index (χ4v) is 2.57. The van der Waals surface area contributed by atoms with Crippen molar-refractivity contribution in [1.29, 1.82) is 0 Å². The zero-order valence-electron chi connectivity index (χ0n) is 10.5. The van der Waals surface area contributed by atoms with Crippen LogP contribution in [0.25, 0.3) is 0 Å². The third-order valence-corrected chi connectivity index (χ3v) is 3.68. The van der Waals surface area contributed by atoms with Crippen LogP contribution in [0.5, 0.6) is 0 Å². The molecule has 1 aliphatic heterocycles. The first-order valence-electron chi connectivity index (χ1n) is 5.92. The highest BCUT2D eigenvalue weighted by atomic mass is 127. The molecule has 0 amide bonds. The lowest BCUT2D eigenvalue weighted by atomic mass is 10.1. The quantitative estimate of drug-likeness (QED) is 0.496. The summed E-state index contributed by atoms with van der Waals surface area (Å²) in [5.41, 5.74) is 7.31. The molecule has 1 aromatic heterocycles. The zero-order chi connectivity index (χ0) is 12.1. The summed E-state index contributed by atoms with van der Waals surface area (Å²) in [6.07, 6.45) is 0. The predicted molar refractivity (Wildman–Crippen MR) is 87.0 cm³/mol. The highest BCUT2D eigenvalue weighted by molar-refractivity contribution is 14.0. The average Bonchev–Trinajstić information content (AvgIpc) is 2.90. The van der Waals surface area contributed by atoms with Crippen LogP contribution in [0.2, 0.25) is 0 Å². The molecule has 0 aromatic carbocycles. The summed E-state index contributed by atoms with van der Waals surface area (Å²) in [6.45, 7) is 6.12. The van der Waals surface area contributed by atoms with E-state index in [4.69, 9.17) is 10.5 Å². The number of morpholine rings is 1. The molecule has 0 radical (unpaired) electrons. The van der Waals surface area contributed by atoms with E-state index in [1.165, 1.54) is 5.56 Å². The van der Waals surface area contributed by atoms with E-state index in [9.17, 15) is 0 Å². The van der Waals surface area contributed by atoms with Gasteiger partial charge in [-0.25, -0.2) is 0 Å². The summed E-state index contributed by atoms with van der Waals surface area (Å²) in [7, 11) is 0. The van der Waals surface area contributed by atoms with Gasteiger partial charge >= 0.3 is 0 Å². The number of nitrogens with zero attached hydrogens (tertiary/aromatic N) is 2. The van der Waals surface area contributed by atoms with Gasteiger partial charge in [0.15, 0.2) is 5.96 Å². The molecule has 2 rings (SSSR count). The molecule has 1 unspecified atom stereocenters. The van der Waals surface area contributed by atoms with Crippen molar-refractivity contribution >= 4 is 41.3 Å². The maximum atomic E-state index is 5.97. The molecule has 18 heavy (non-hydrogen) atoms. The number of guanidine groups is 1. The summed E-state index contributed by atoms with van der Waals surface area (Å²) in [5, 5.41) is 4.27. The molecule has 1 atom stereocenters. The Kier molecular flexibility index (Phi) is 6.95. The van der Waals surface area contributed by atoms with Gasteiger partial charge in [-0.15, -0.1) is 24.0 Å². The third kappa shape index (κ3) is 4.40. The topological polar surface area (TPSA) is 50.8 Å². The van der Waals surface area contributed by atoms with Gasteiger partial charge in [0.05, 0.1) is 13.2 Å². The van der Waals surface area contributed by atoms with E-state index in [2.05, 4.69) is 33.6 Å². The second kappa shape index (κ2) is 7.96. The number of halogens is 1. The van der Waals surface area contributed by atoms with E-state index in [0.717, 1.165) is 32.8 Å². The maximum absolute atomic E-state index is 5.97. The van der Waals surface area contributed by atoms with Crippen molar-refractivity contribution in [1.82, 2.24) is 4.90 Å². The van der Waals surface area contributed by atoms with E-state index in [0.29, 0.717) is 11.9 Å². The fourth-order valence-electron chi connectivity index (χ4n) is 1.78. The molecule has 1 saturated heterocycles. The Morgan fingerprint density at radius 1 is 1.56 bits per heavy atom. The lowest BCUT2D eigenvalue weighted by Gasteiger charge is -2.27. The molecular formula is C12H20IN3OS. The largest absolute Gasteiger partial charge is 0.378 e. The van der Waals surface area contributed by atoms with E-state index in [1.807, 2.05) is 0 Å². The van der Waals surface area contributed by atoms with E-state index in [1.54, 1.807) is 11.3 Å². The fraction of sp³-hybridized carbons (Fsp3) is 0.583. The lowest BCUT2D eigenvalue weighted by molar-refractivity contribution is 0.0674. The number of aliphatic imine (C=N–C) groups is 1. The Morgan fingerprint density at radius 2 is 2.28 bits per heavy atom. The van der Waals surface area contributed by atoms with Crippen LogP contribution in [0.15, 0.2) is 21.8 Å². The van der Waals surface area contributed by atoms with Crippen LogP contribution in [0, 0.1) is 0 Å². The number of ether oxygens (including phenoxy) is 1.